The third-order valence-electron chi connectivity index (χ3n) is 3.96. The number of nitrogens with zero attached hydrogens (tertiary/aromatic N) is 3. The third kappa shape index (κ3) is 4.56. The number of aromatic nitrogens is 2. The molecular formula is C19H18ClN5OS. The highest BCUT2D eigenvalue weighted by molar-refractivity contribution is 7.14. The molecule has 0 saturated heterocycles. The summed E-state index contributed by atoms with van der Waals surface area (Å²) in [6, 6.07) is 11.4. The van der Waals surface area contributed by atoms with Crippen molar-refractivity contribution in [2.45, 2.75) is 13.0 Å². The molecule has 6 nitrogen and oxygen atoms in total. The second-order valence-corrected chi connectivity index (χ2v) is 7.24. The number of anilines is 1. The van der Waals surface area contributed by atoms with Crippen LogP contribution in [0.2, 0.25) is 5.02 Å². The van der Waals surface area contributed by atoms with E-state index < -0.39 is 0 Å². The van der Waals surface area contributed by atoms with E-state index in [-0.39, 0.29) is 0 Å². The molecule has 0 bridgehead atoms. The van der Waals surface area contributed by atoms with Crippen LogP contribution in [0.3, 0.4) is 0 Å². The molecule has 8 heteroatoms. The van der Waals surface area contributed by atoms with Gasteiger partial charge in [0.25, 0.3) is 0 Å². The SMILES string of the molecule is Clc1ccc(COc2ncccc2-c2csc(NC3=NCCCN3)n2)cc1. The topological polar surface area (TPSA) is 71.4 Å². The quantitative estimate of drug-likeness (QED) is 0.672. The van der Waals surface area contributed by atoms with Gasteiger partial charge < -0.3 is 15.4 Å². The minimum absolute atomic E-state index is 0.414. The summed E-state index contributed by atoms with van der Waals surface area (Å²) in [6.07, 6.45) is 2.77. The van der Waals surface area contributed by atoms with Crippen LogP contribution in [0.1, 0.15) is 12.0 Å². The van der Waals surface area contributed by atoms with Gasteiger partial charge >= 0.3 is 0 Å². The molecule has 138 valence electrons. The van der Waals surface area contributed by atoms with Gasteiger partial charge in [0.2, 0.25) is 5.88 Å². The normalized spacial score (nSPS) is 13.6. The standard InChI is InChI=1S/C19H18ClN5OS/c20-14-6-4-13(5-7-14)11-26-17-15(3-1-8-21-17)16-12-27-19(24-16)25-18-22-9-2-10-23-18/h1,3-8,12H,2,9-11H2,(H2,22,23,24,25). The lowest BCUT2D eigenvalue weighted by Gasteiger charge is -2.14. The Morgan fingerprint density at radius 3 is 2.93 bits per heavy atom. The van der Waals surface area contributed by atoms with E-state index in [1.165, 1.54) is 11.3 Å². The van der Waals surface area contributed by atoms with Gasteiger partial charge in [0.1, 0.15) is 6.61 Å². The van der Waals surface area contributed by atoms with Crippen molar-refractivity contribution in [1.82, 2.24) is 15.3 Å². The second-order valence-electron chi connectivity index (χ2n) is 5.94. The zero-order valence-corrected chi connectivity index (χ0v) is 16.1. The summed E-state index contributed by atoms with van der Waals surface area (Å²) in [6.45, 7) is 2.17. The van der Waals surface area contributed by atoms with Crippen LogP contribution in [0.5, 0.6) is 5.88 Å². The summed E-state index contributed by atoms with van der Waals surface area (Å²) >= 11 is 7.45. The smallest absolute Gasteiger partial charge is 0.223 e. The first-order valence-corrected chi connectivity index (χ1v) is 9.87. The molecule has 2 N–H and O–H groups in total. The molecule has 1 aliphatic heterocycles. The van der Waals surface area contributed by atoms with Crippen LogP contribution in [0.25, 0.3) is 11.3 Å². The van der Waals surface area contributed by atoms with Crippen molar-refractivity contribution in [3.05, 3.63) is 58.6 Å². The lowest BCUT2D eigenvalue weighted by molar-refractivity contribution is 0.295. The summed E-state index contributed by atoms with van der Waals surface area (Å²) in [4.78, 5) is 13.4. The number of guanidine groups is 1. The Labute approximate surface area is 166 Å². The number of aliphatic imine (C=N–C) groups is 1. The molecule has 0 radical (unpaired) electrons. The fourth-order valence-electron chi connectivity index (χ4n) is 2.61. The molecular weight excluding hydrogens is 382 g/mol. The molecule has 2 aromatic heterocycles. The number of hydrogen-bond donors (Lipinski definition) is 2. The Morgan fingerprint density at radius 1 is 1.22 bits per heavy atom. The molecule has 0 aliphatic carbocycles. The maximum atomic E-state index is 5.93. The van der Waals surface area contributed by atoms with Gasteiger partial charge in [-0.1, -0.05) is 23.7 Å². The van der Waals surface area contributed by atoms with Crippen molar-refractivity contribution in [2.75, 3.05) is 18.4 Å². The largest absolute Gasteiger partial charge is 0.472 e. The van der Waals surface area contributed by atoms with E-state index in [0.29, 0.717) is 17.5 Å². The average Bonchev–Trinajstić information content (AvgIpc) is 3.17. The van der Waals surface area contributed by atoms with E-state index >= 15 is 0 Å². The monoisotopic (exact) mass is 399 g/mol. The number of hydrogen-bond acceptors (Lipinski definition) is 7. The molecule has 0 unspecified atom stereocenters. The molecule has 0 atom stereocenters. The highest BCUT2D eigenvalue weighted by Gasteiger charge is 2.13. The Kier molecular flexibility index (Phi) is 5.50. The van der Waals surface area contributed by atoms with Crippen LogP contribution in [-0.4, -0.2) is 29.0 Å². The molecule has 0 amide bonds. The Hall–Kier alpha value is -2.64. The number of nitrogens with one attached hydrogen (secondary N) is 2. The van der Waals surface area contributed by atoms with E-state index in [1.54, 1.807) is 6.20 Å². The first-order chi connectivity index (χ1) is 13.3. The van der Waals surface area contributed by atoms with Crippen molar-refractivity contribution in [3.63, 3.8) is 0 Å². The van der Waals surface area contributed by atoms with E-state index in [0.717, 1.165) is 47.4 Å². The summed E-state index contributed by atoms with van der Waals surface area (Å²) in [7, 11) is 0. The highest BCUT2D eigenvalue weighted by Crippen LogP contribution is 2.31. The first kappa shape index (κ1) is 17.8. The predicted octanol–water partition coefficient (Wildman–Crippen LogP) is 4.20. The van der Waals surface area contributed by atoms with Crippen LogP contribution in [0.4, 0.5) is 5.13 Å². The lowest BCUT2D eigenvalue weighted by atomic mass is 10.2. The maximum Gasteiger partial charge on any atom is 0.223 e. The van der Waals surface area contributed by atoms with Crippen molar-refractivity contribution in [3.8, 4) is 17.1 Å². The number of thiazole rings is 1. The summed E-state index contributed by atoms with van der Waals surface area (Å²) in [5.74, 6) is 1.32. The van der Waals surface area contributed by atoms with Gasteiger partial charge in [-0.2, -0.15) is 0 Å². The summed E-state index contributed by atoms with van der Waals surface area (Å²) < 4.78 is 5.93. The lowest BCUT2D eigenvalue weighted by Crippen LogP contribution is -2.35. The maximum absolute atomic E-state index is 5.93. The van der Waals surface area contributed by atoms with Crippen molar-refractivity contribution < 1.29 is 4.74 Å². The number of halogens is 1. The highest BCUT2D eigenvalue weighted by atomic mass is 35.5. The minimum Gasteiger partial charge on any atom is -0.472 e. The van der Waals surface area contributed by atoms with E-state index in [2.05, 4.69) is 25.6 Å². The van der Waals surface area contributed by atoms with Crippen LogP contribution in [0, 0.1) is 0 Å². The zero-order chi connectivity index (χ0) is 18.5. The number of pyridine rings is 1. The molecule has 27 heavy (non-hydrogen) atoms. The molecule has 0 fully saturated rings. The molecule has 4 rings (SSSR count). The van der Waals surface area contributed by atoms with Gasteiger partial charge in [-0.25, -0.2) is 9.97 Å². The first-order valence-electron chi connectivity index (χ1n) is 8.61. The van der Waals surface area contributed by atoms with Crippen LogP contribution >= 0.6 is 22.9 Å². The van der Waals surface area contributed by atoms with Crippen LogP contribution in [0.15, 0.2) is 53.0 Å². The predicted molar refractivity (Wildman–Crippen MR) is 110 cm³/mol. The van der Waals surface area contributed by atoms with Gasteiger partial charge in [-0.3, -0.25) is 4.99 Å². The molecule has 0 spiro atoms. The fourth-order valence-corrected chi connectivity index (χ4v) is 3.44. The summed E-state index contributed by atoms with van der Waals surface area (Å²) in [5, 5.41) is 9.93. The van der Waals surface area contributed by atoms with Gasteiger partial charge in [0, 0.05) is 29.7 Å². The summed E-state index contributed by atoms with van der Waals surface area (Å²) in [5.41, 5.74) is 2.70. The Morgan fingerprint density at radius 2 is 2.11 bits per heavy atom. The van der Waals surface area contributed by atoms with E-state index in [9.17, 15) is 0 Å². The molecule has 3 heterocycles. The Bertz CT molecular complexity index is 941. The van der Waals surface area contributed by atoms with Crippen molar-refractivity contribution in [1.29, 1.82) is 0 Å². The number of ether oxygens (including phenoxy) is 1. The Balaban J connectivity index is 1.49. The fraction of sp³-hybridized carbons (Fsp3) is 0.211. The molecule has 0 saturated carbocycles. The van der Waals surface area contributed by atoms with Crippen LogP contribution < -0.4 is 15.4 Å². The van der Waals surface area contributed by atoms with Crippen molar-refractivity contribution >= 4 is 34.0 Å². The average molecular weight is 400 g/mol. The number of rotatable bonds is 5. The minimum atomic E-state index is 0.414. The van der Waals surface area contributed by atoms with E-state index in [4.69, 9.17) is 16.3 Å². The number of benzene rings is 1. The zero-order valence-electron chi connectivity index (χ0n) is 14.5. The second kappa shape index (κ2) is 8.37. The van der Waals surface area contributed by atoms with Gasteiger partial charge in [0.05, 0.1) is 11.3 Å². The molecule has 1 aliphatic rings. The molecule has 1 aromatic carbocycles. The van der Waals surface area contributed by atoms with Gasteiger partial charge in [0.15, 0.2) is 11.1 Å². The van der Waals surface area contributed by atoms with E-state index in [1.807, 2.05) is 41.8 Å². The third-order valence-corrected chi connectivity index (χ3v) is 4.97. The van der Waals surface area contributed by atoms with Gasteiger partial charge in [-0.05, 0) is 36.2 Å². The van der Waals surface area contributed by atoms with Crippen molar-refractivity contribution in [2.24, 2.45) is 4.99 Å². The van der Waals surface area contributed by atoms with Crippen LogP contribution in [-0.2, 0) is 6.61 Å². The van der Waals surface area contributed by atoms with Gasteiger partial charge in [-0.15, -0.1) is 11.3 Å². The molecule has 3 aromatic rings.